The topological polar surface area (TPSA) is 67.6 Å². The van der Waals surface area contributed by atoms with Crippen molar-refractivity contribution in [3.8, 4) is 6.07 Å². The van der Waals surface area contributed by atoms with Gasteiger partial charge in [0.25, 0.3) is 0 Å². The highest BCUT2D eigenvalue weighted by molar-refractivity contribution is 5.86. The van der Waals surface area contributed by atoms with E-state index in [1.807, 2.05) is 18.2 Å². The average Bonchev–Trinajstić information content (AvgIpc) is 2.88. The van der Waals surface area contributed by atoms with Crippen molar-refractivity contribution in [2.75, 3.05) is 5.73 Å². The van der Waals surface area contributed by atoms with Crippen LogP contribution in [0.2, 0.25) is 0 Å². The number of hydrogen-bond donors (Lipinski definition) is 1. The van der Waals surface area contributed by atoms with E-state index in [0.717, 1.165) is 25.1 Å². The minimum absolute atomic E-state index is 0.483. The standard InChI is InChI=1S/C19H20N4/c1-2-3-11-23-19(21)17(13-20)18(22-23)12-15-9-6-8-14-7-4-5-10-16(14)15/h4-10H,2-3,11-12,21H2,1H3. The van der Waals surface area contributed by atoms with Crippen LogP contribution in [0.1, 0.15) is 36.6 Å². The lowest BCUT2D eigenvalue weighted by Crippen LogP contribution is -2.05. The number of aromatic nitrogens is 2. The first-order valence-corrected chi connectivity index (χ1v) is 7.96. The molecule has 0 saturated carbocycles. The maximum Gasteiger partial charge on any atom is 0.140 e. The third kappa shape index (κ3) is 2.91. The van der Waals surface area contributed by atoms with Gasteiger partial charge < -0.3 is 5.73 Å². The molecule has 1 aromatic heterocycles. The molecule has 4 nitrogen and oxygen atoms in total. The number of nitrogen functional groups attached to an aromatic ring is 1. The van der Waals surface area contributed by atoms with Gasteiger partial charge in [0.1, 0.15) is 17.5 Å². The summed E-state index contributed by atoms with van der Waals surface area (Å²) in [6, 6.07) is 16.7. The van der Waals surface area contributed by atoms with Crippen molar-refractivity contribution in [2.45, 2.75) is 32.7 Å². The molecule has 0 unspecified atom stereocenters. The van der Waals surface area contributed by atoms with Gasteiger partial charge in [-0.25, -0.2) is 4.68 Å². The number of nitrogens with two attached hydrogens (primary N) is 1. The maximum atomic E-state index is 9.45. The van der Waals surface area contributed by atoms with E-state index in [-0.39, 0.29) is 0 Å². The number of rotatable bonds is 5. The molecule has 0 aliphatic carbocycles. The van der Waals surface area contributed by atoms with Crippen LogP contribution in [0.15, 0.2) is 42.5 Å². The monoisotopic (exact) mass is 304 g/mol. The maximum absolute atomic E-state index is 9.45. The fourth-order valence-corrected chi connectivity index (χ4v) is 2.88. The molecule has 0 radical (unpaired) electrons. The van der Waals surface area contributed by atoms with Crippen LogP contribution in [-0.4, -0.2) is 9.78 Å². The first-order chi connectivity index (χ1) is 11.2. The van der Waals surface area contributed by atoms with Crippen LogP contribution in [0.5, 0.6) is 0 Å². The highest BCUT2D eigenvalue weighted by Crippen LogP contribution is 2.24. The van der Waals surface area contributed by atoms with Crippen LogP contribution in [0.25, 0.3) is 10.8 Å². The van der Waals surface area contributed by atoms with Crippen LogP contribution in [0, 0.1) is 11.3 Å². The van der Waals surface area contributed by atoms with E-state index in [9.17, 15) is 5.26 Å². The Labute approximate surface area is 136 Å². The Morgan fingerprint density at radius 2 is 1.96 bits per heavy atom. The summed E-state index contributed by atoms with van der Waals surface area (Å²) in [6.07, 6.45) is 2.69. The SMILES string of the molecule is CCCCn1nc(Cc2cccc3ccccc23)c(C#N)c1N. The van der Waals surface area contributed by atoms with Crippen molar-refractivity contribution in [3.63, 3.8) is 0 Å². The van der Waals surface area contributed by atoms with Crippen molar-refractivity contribution < 1.29 is 0 Å². The summed E-state index contributed by atoms with van der Waals surface area (Å²) in [5.74, 6) is 0.483. The fourth-order valence-electron chi connectivity index (χ4n) is 2.88. The molecule has 4 heteroatoms. The molecule has 3 aromatic rings. The number of unbranched alkanes of at least 4 members (excludes halogenated alkanes) is 1. The summed E-state index contributed by atoms with van der Waals surface area (Å²) in [5.41, 5.74) is 8.54. The summed E-state index contributed by atoms with van der Waals surface area (Å²) < 4.78 is 1.77. The molecule has 0 atom stereocenters. The quantitative estimate of drug-likeness (QED) is 0.777. The molecule has 0 bridgehead atoms. The van der Waals surface area contributed by atoms with Gasteiger partial charge in [-0.3, -0.25) is 0 Å². The van der Waals surface area contributed by atoms with Crippen molar-refractivity contribution in [1.29, 1.82) is 5.26 Å². The molecule has 23 heavy (non-hydrogen) atoms. The number of anilines is 1. The molecular formula is C19H20N4. The molecule has 0 amide bonds. The van der Waals surface area contributed by atoms with Gasteiger partial charge in [0.05, 0.1) is 5.69 Å². The second-order valence-electron chi connectivity index (χ2n) is 5.71. The van der Waals surface area contributed by atoms with E-state index >= 15 is 0 Å². The van der Waals surface area contributed by atoms with Crippen LogP contribution >= 0.6 is 0 Å². The average molecular weight is 304 g/mol. The van der Waals surface area contributed by atoms with E-state index in [1.54, 1.807) is 4.68 Å². The smallest absolute Gasteiger partial charge is 0.140 e. The zero-order valence-corrected chi connectivity index (χ0v) is 13.3. The Bertz CT molecular complexity index is 865. The molecule has 2 N–H and O–H groups in total. The van der Waals surface area contributed by atoms with E-state index in [0.29, 0.717) is 17.8 Å². The minimum atomic E-state index is 0.483. The Balaban J connectivity index is 2.00. The number of fused-ring (bicyclic) bond motifs is 1. The first kappa shape index (κ1) is 15.1. The largest absolute Gasteiger partial charge is 0.383 e. The highest BCUT2D eigenvalue weighted by atomic mass is 15.3. The molecule has 2 aromatic carbocycles. The van der Waals surface area contributed by atoms with E-state index < -0.39 is 0 Å². The van der Waals surface area contributed by atoms with Crippen molar-refractivity contribution in [3.05, 3.63) is 59.3 Å². The molecule has 0 aliphatic heterocycles. The molecule has 0 spiro atoms. The van der Waals surface area contributed by atoms with Gasteiger partial charge in [0.2, 0.25) is 0 Å². The van der Waals surface area contributed by atoms with E-state index in [4.69, 9.17) is 5.73 Å². The predicted octanol–water partition coefficient (Wildman–Crippen LogP) is 3.88. The van der Waals surface area contributed by atoms with Gasteiger partial charge in [-0.2, -0.15) is 10.4 Å². The van der Waals surface area contributed by atoms with Crippen molar-refractivity contribution in [1.82, 2.24) is 9.78 Å². The molecule has 0 aliphatic rings. The molecule has 1 heterocycles. The van der Waals surface area contributed by atoms with Gasteiger partial charge in [-0.15, -0.1) is 0 Å². The Morgan fingerprint density at radius 1 is 1.17 bits per heavy atom. The number of aryl methyl sites for hydroxylation is 1. The number of nitrogens with zero attached hydrogens (tertiary/aromatic N) is 3. The minimum Gasteiger partial charge on any atom is -0.383 e. The van der Waals surface area contributed by atoms with Gasteiger partial charge in [-0.05, 0) is 22.8 Å². The molecule has 0 fully saturated rings. The summed E-state index contributed by atoms with van der Waals surface area (Å²) in [5, 5.41) is 16.4. The number of benzene rings is 2. The molecule has 0 saturated heterocycles. The summed E-state index contributed by atoms with van der Waals surface area (Å²) in [7, 11) is 0. The van der Waals surface area contributed by atoms with Gasteiger partial charge in [0, 0.05) is 13.0 Å². The lowest BCUT2D eigenvalue weighted by molar-refractivity contribution is 0.574. The second-order valence-corrected chi connectivity index (χ2v) is 5.71. The van der Waals surface area contributed by atoms with Crippen molar-refractivity contribution >= 4 is 16.6 Å². The second kappa shape index (κ2) is 6.53. The predicted molar refractivity (Wildman–Crippen MR) is 93.0 cm³/mol. The molecular weight excluding hydrogens is 284 g/mol. The van der Waals surface area contributed by atoms with Crippen LogP contribution in [0.3, 0.4) is 0 Å². The Hall–Kier alpha value is -2.80. The van der Waals surface area contributed by atoms with Crippen LogP contribution in [0.4, 0.5) is 5.82 Å². The summed E-state index contributed by atoms with van der Waals surface area (Å²) >= 11 is 0. The van der Waals surface area contributed by atoms with Gasteiger partial charge >= 0.3 is 0 Å². The normalized spacial score (nSPS) is 10.8. The van der Waals surface area contributed by atoms with Crippen molar-refractivity contribution in [2.24, 2.45) is 0 Å². The highest BCUT2D eigenvalue weighted by Gasteiger charge is 2.16. The van der Waals surface area contributed by atoms with Gasteiger partial charge in [0.15, 0.2) is 0 Å². The van der Waals surface area contributed by atoms with E-state index in [1.165, 1.54) is 16.3 Å². The first-order valence-electron chi connectivity index (χ1n) is 7.96. The lowest BCUT2D eigenvalue weighted by atomic mass is 10.00. The third-order valence-corrected chi connectivity index (χ3v) is 4.14. The zero-order valence-electron chi connectivity index (χ0n) is 13.3. The third-order valence-electron chi connectivity index (χ3n) is 4.14. The number of nitriles is 1. The Kier molecular flexibility index (Phi) is 4.29. The van der Waals surface area contributed by atoms with Gasteiger partial charge in [-0.1, -0.05) is 55.8 Å². The Morgan fingerprint density at radius 3 is 2.74 bits per heavy atom. The lowest BCUT2D eigenvalue weighted by Gasteiger charge is -2.05. The molecule has 116 valence electrons. The number of hydrogen-bond acceptors (Lipinski definition) is 3. The summed E-state index contributed by atoms with van der Waals surface area (Å²) in [6.45, 7) is 2.88. The fraction of sp³-hybridized carbons (Fsp3) is 0.263. The summed E-state index contributed by atoms with van der Waals surface area (Å²) in [4.78, 5) is 0. The van der Waals surface area contributed by atoms with Crippen LogP contribution < -0.4 is 5.73 Å². The zero-order chi connectivity index (χ0) is 16.2. The molecule has 3 rings (SSSR count). The van der Waals surface area contributed by atoms with E-state index in [2.05, 4.69) is 42.4 Å². The van der Waals surface area contributed by atoms with Crippen LogP contribution in [-0.2, 0) is 13.0 Å².